The van der Waals surface area contributed by atoms with Gasteiger partial charge in [-0.2, -0.15) is 4.98 Å². The Kier molecular flexibility index (Phi) is 4.98. The predicted molar refractivity (Wildman–Crippen MR) is 65.9 cm³/mol. The molecule has 0 aliphatic carbocycles. The molecular formula is C11H20N4O. The van der Waals surface area contributed by atoms with E-state index in [1.54, 1.807) is 13.2 Å². The highest BCUT2D eigenvalue weighted by Gasteiger charge is 2.05. The van der Waals surface area contributed by atoms with Gasteiger partial charge < -0.3 is 15.4 Å². The Labute approximate surface area is 96.6 Å². The van der Waals surface area contributed by atoms with Gasteiger partial charge in [-0.05, 0) is 20.8 Å². The van der Waals surface area contributed by atoms with Gasteiger partial charge in [0.2, 0.25) is 5.95 Å². The number of hydrogen-bond acceptors (Lipinski definition) is 5. The summed E-state index contributed by atoms with van der Waals surface area (Å²) in [6.45, 7) is 7.48. The van der Waals surface area contributed by atoms with E-state index in [1.165, 1.54) is 0 Å². The molecule has 1 aromatic heterocycles. The molecule has 16 heavy (non-hydrogen) atoms. The highest BCUT2D eigenvalue weighted by molar-refractivity contribution is 5.46. The van der Waals surface area contributed by atoms with Crippen molar-refractivity contribution in [2.75, 3.05) is 30.8 Å². The monoisotopic (exact) mass is 224 g/mol. The number of ether oxygens (including phenoxy) is 1. The number of rotatable bonds is 6. The van der Waals surface area contributed by atoms with Gasteiger partial charge in [-0.15, -0.1) is 0 Å². The first-order chi connectivity index (χ1) is 7.67. The Morgan fingerprint density at radius 1 is 1.50 bits per heavy atom. The third-order valence-electron chi connectivity index (χ3n) is 2.20. The summed E-state index contributed by atoms with van der Waals surface area (Å²) in [6, 6.07) is 0. The van der Waals surface area contributed by atoms with E-state index >= 15 is 0 Å². The van der Waals surface area contributed by atoms with Crippen molar-refractivity contribution < 1.29 is 4.74 Å². The van der Waals surface area contributed by atoms with E-state index in [0.29, 0.717) is 5.95 Å². The SMILES string of the molecule is CCOC(C)CNc1nc(NC)ncc1C. The number of aryl methyl sites for hydroxylation is 1. The summed E-state index contributed by atoms with van der Waals surface area (Å²) in [7, 11) is 1.80. The quantitative estimate of drug-likeness (QED) is 0.769. The third-order valence-corrected chi connectivity index (χ3v) is 2.20. The van der Waals surface area contributed by atoms with Gasteiger partial charge in [-0.3, -0.25) is 0 Å². The van der Waals surface area contributed by atoms with E-state index in [4.69, 9.17) is 4.74 Å². The molecule has 0 aliphatic rings. The van der Waals surface area contributed by atoms with Crippen LogP contribution in [0.3, 0.4) is 0 Å². The zero-order valence-corrected chi connectivity index (χ0v) is 10.4. The second-order valence-corrected chi connectivity index (χ2v) is 3.62. The predicted octanol–water partition coefficient (Wildman–Crippen LogP) is 1.66. The Morgan fingerprint density at radius 2 is 2.25 bits per heavy atom. The molecule has 0 saturated carbocycles. The van der Waals surface area contributed by atoms with Crippen molar-refractivity contribution in [3.8, 4) is 0 Å². The molecule has 0 bridgehead atoms. The molecule has 0 aliphatic heterocycles. The molecule has 0 fully saturated rings. The molecule has 1 rings (SSSR count). The van der Waals surface area contributed by atoms with E-state index in [-0.39, 0.29) is 6.10 Å². The maximum atomic E-state index is 5.44. The second-order valence-electron chi connectivity index (χ2n) is 3.62. The number of anilines is 2. The zero-order valence-electron chi connectivity index (χ0n) is 10.4. The average Bonchev–Trinajstić information content (AvgIpc) is 2.28. The number of aromatic nitrogens is 2. The number of nitrogens with one attached hydrogen (secondary N) is 2. The Bertz CT molecular complexity index is 330. The fourth-order valence-corrected chi connectivity index (χ4v) is 1.33. The summed E-state index contributed by atoms with van der Waals surface area (Å²) in [6.07, 6.45) is 1.98. The molecule has 0 amide bonds. The average molecular weight is 224 g/mol. The van der Waals surface area contributed by atoms with Crippen LogP contribution in [0.15, 0.2) is 6.20 Å². The van der Waals surface area contributed by atoms with Crippen LogP contribution in [0.5, 0.6) is 0 Å². The summed E-state index contributed by atoms with van der Waals surface area (Å²) < 4.78 is 5.44. The van der Waals surface area contributed by atoms with E-state index < -0.39 is 0 Å². The summed E-state index contributed by atoms with van der Waals surface area (Å²) in [4.78, 5) is 8.46. The van der Waals surface area contributed by atoms with Crippen molar-refractivity contribution in [2.45, 2.75) is 26.9 Å². The number of nitrogens with zero attached hydrogens (tertiary/aromatic N) is 2. The highest BCUT2D eigenvalue weighted by Crippen LogP contribution is 2.12. The normalized spacial score (nSPS) is 12.2. The fraction of sp³-hybridized carbons (Fsp3) is 0.636. The van der Waals surface area contributed by atoms with Gasteiger partial charge in [-0.25, -0.2) is 4.98 Å². The van der Waals surface area contributed by atoms with Crippen molar-refractivity contribution in [1.82, 2.24) is 9.97 Å². The van der Waals surface area contributed by atoms with Crippen molar-refractivity contribution in [3.63, 3.8) is 0 Å². The van der Waals surface area contributed by atoms with Gasteiger partial charge in [0.05, 0.1) is 6.10 Å². The molecule has 1 aromatic rings. The van der Waals surface area contributed by atoms with E-state index in [0.717, 1.165) is 24.5 Å². The second kappa shape index (κ2) is 6.27. The lowest BCUT2D eigenvalue weighted by Crippen LogP contribution is -2.21. The molecule has 5 nitrogen and oxygen atoms in total. The molecule has 0 aromatic carbocycles. The van der Waals surface area contributed by atoms with Gasteiger partial charge in [0, 0.05) is 32.0 Å². The van der Waals surface area contributed by atoms with Crippen LogP contribution in [0.1, 0.15) is 19.4 Å². The van der Waals surface area contributed by atoms with Crippen LogP contribution in [-0.4, -0.2) is 36.3 Å². The Hall–Kier alpha value is -1.36. The molecule has 1 atom stereocenters. The molecule has 0 spiro atoms. The highest BCUT2D eigenvalue weighted by atomic mass is 16.5. The molecule has 2 N–H and O–H groups in total. The molecule has 0 radical (unpaired) electrons. The minimum atomic E-state index is 0.178. The van der Waals surface area contributed by atoms with Crippen LogP contribution in [0.2, 0.25) is 0 Å². The Balaban J connectivity index is 2.58. The Morgan fingerprint density at radius 3 is 2.88 bits per heavy atom. The minimum absolute atomic E-state index is 0.178. The van der Waals surface area contributed by atoms with Gasteiger partial charge in [0.15, 0.2) is 0 Å². The van der Waals surface area contributed by atoms with Gasteiger partial charge >= 0.3 is 0 Å². The molecule has 1 heterocycles. The third kappa shape index (κ3) is 3.66. The molecule has 90 valence electrons. The summed E-state index contributed by atoms with van der Waals surface area (Å²) in [5, 5.41) is 6.17. The van der Waals surface area contributed by atoms with Gasteiger partial charge in [0.25, 0.3) is 0 Å². The maximum Gasteiger partial charge on any atom is 0.224 e. The van der Waals surface area contributed by atoms with Gasteiger partial charge in [0.1, 0.15) is 5.82 Å². The van der Waals surface area contributed by atoms with E-state index in [2.05, 4.69) is 20.6 Å². The van der Waals surface area contributed by atoms with Crippen LogP contribution in [0, 0.1) is 6.92 Å². The first-order valence-electron chi connectivity index (χ1n) is 5.54. The maximum absolute atomic E-state index is 5.44. The lowest BCUT2D eigenvalue weighted by molar-refractivity contribution is 0.0855. The minimum Gasteiger partial charge on any atom is -0.377 e. The smallest absolute Gasteiger partial charge is 0.224 e. The fourth-order valence-electron chi connectivity index (χ4n) is 1.33. The van der Waals surface area contributed by atoms with Crippen LogP contribution in [0.4, 0.5) is 11.8 Å². The van der Waals surface area contributed by atoms with Crippen LogP contribution in [0.25, 0.3) is 0 Å². The van der Waals surface area contributed by atoms with Crippen molar-refractivity contribution in [1.29, 1.82) is 0 Å². The first-order valence-corrected chi connectivity index (χ1v) is 5.54. The zero-order chi connectivity index (χ0) is 12.0. The van der Waals surface area contributed by atoms with Crippen LogP contribution < -0.4 is 10.6 Å². The van der Waals surface area contributed by atoms with Crippen molar-refractivity contribution in [3.05, 3.63) is 11.8 Å². The van der Waals surface area contributed by atoms with E-state index in [1.807, 2.05) is 20.8 Å². The summed E-state index contributed by atoms with van der Waals surface area (Å²) in [5.74, 6) is 1.48. The summed E-state index contributed by atoms with van der Waals surface area (Å²) >= 11 is 0. The number of hydrogen-bond donors (Lipinski definition) is 2. The standard InChI is InChI=1S/C11H20N4O/c1-5-16-9(3)7-13-10-8(2)6-14-11(12-4)15-10/h6,9H,5,7H2,1-4H3,(H2,12,13,14,15). The molecule has 0 saturated heterocycles. The van der Waals surface area contributed by atoms with Crippen LogP contribution >= 0.6 is 0 Å². The molecule has 5 heteroatoms. The topological polar surface area (TPSA) is 59.1 Å². The molecular weight excluding hydrogens is 204 g/mol. The molecule has 1 unspecified atom stereocenters. The summed E-state index contributed by atoms with van der Waals surface area (Å²) in [5.41, 5.74) is 1.03. The van der Waals surface area contributed by atoms with E-state index in [9.17, 15) is 0 Å². The van der Waals surface area contributed by atoms with Crippen LogP contribution in [-0.2, 0) is 4.74 Å². The van der Waals surface area contributed by atoms with Crippen molar-refractivity contribution in [2.24, 2.45) is 0 Å². The lowest BCUT2D eigenvalue weighted by atomic mass is 10.3. The largest absolute Gasteiger partial charge is 0.377 e. The van der Waals surface area contributed by atoms with Gasteiger partial charge in [-0.1, -0.05) is 0 Å². The van der Waals surface area contributed by atoms with Crippen molar-refractivity contribution >= 4 is 11.8 Å². The first kappa shape index (κ1) is 12.7. The lowest BCUT2D eigenvalue weighted by Gasteiger charge is -2.14.